The molecule has 266 valence electrons. The molecule has 5 unspecified atom stereocenters. The molecule has 1 fully saturated rings. The summed E-state index contributed by atoms with van der Waals surface area (Å²) in [6.07, 6.45) is -5.24. The minimum atomic E-state index is -3.54. The van der Waals surface area contributed by atoms with Crippen LogP contribution in [0.1, 0.15) is 19.3 Å². The van der Waals surface area contributed by atoms with Crippen LogP contribution in [-0.2, 0) is 28.9 Å². The Kier molecular flexibility index (Phi) is 12.7. The van der Waals surface area contributed by atoms with Crippen molar-refractivity contribution in [2.45, 2.75) is 49.2 Å². The number of carbonyl (C=O) groups is 4. The molecule has 4 amide bonds. The van der Waals surface area contributed by atoms with Crippen molar-refractivity contribution in [1.29, 1.82) is 0 Å². The third-order valence-electron chi connectivity index (χ3n) is 7.60. The van der Waals surface area contributed by atoms with E-state index in [-0.39, 0.29) is 11.5 Å². The van der Waals surface area contributed by atoms with Gasteiger partial charge in [-0.3, -0.25) is 20.2 Å². The average Bonchev–Trinajstić information content (AvgIpc) is 3.05. The fraction of sp³-hybridized carbons (Fsp3) is 0.303. The van der Waals surface area contributed by atoms with Crippen molar-refractivity contribution in [3.8, 4) is 0 Å². The number of hydrogen-bond acceptors (Lipinski definition) is 10. The Hall–Kier alpha value is -5.26. The molecule has 0 bridgehead atoms. The molecule has 4 rings (SSSR count). The lowest BCUT2D eigenvalue weighted by Gasteiger charge is -2.44. The molecular weight excluding hydrogens is 689 g/mol. The Labute approximate surface area is 294 Å². The molecule has 1 aliphatic rings. The number of nitrogens with one attached hydrogen (secondary N) is 5. The summed E-state index contributed by atoms with van der Waals surface area (Å²) in [7, 11) is -3.54. The number of nitrogens with two attached hydrogens (primary N) is 1. The lowest BCUT2D eigenvalue weighted by atomic mass is 9.77. The van der Waals surface area contributed by atoms with Gasteiger partial charge in [-0.15, -0.1) is 0 Å². The SMILES string of the molecule is CS(=O)(=O)CCC(NC(=O)C1(O)CC(NC(=S)Nc2ccccc2)C(OC(=O)Nc2ccccc2)C(OC(=O)Nc2ccccc2)C1)C(N)=O. The standard InChI is InChI=1S/C33H38N6O9S2/c1-50(45,46)18-17-24(28(34)40)38-29(41)33(44)19-25(39-30(49)35-21-11-5-2-6-12-21)27(48-32(43)37-23-15-9-4-10-16-23)26(20-33)47-31(42)36-22-13-7-3-8-14-22/h2-16,24-27,44H,17-20H2,1H3,(H2,34,40)(H,36,42)(H,37,43)(H,38,41)(H2,35,39,49). The molecule has 0 spiro atoms. The summed E-state index contributed by atoms with van der Waals surface area (Å²) >= 11 is 5.52. The molecule has 0 aromatic heterocycles. The first-order chi connectivity index (χ1) is 23.7. The number of benzene rings is 3. The van der Waals surface area contributed by atoms with Crippen LogP contribution in [0.25, 0.3) is 0 Å². The van der Waals surface area contributed by atoms with E-state index in [9.17, 15) is 32.7 Å². The van der Waals surface area contributed by atoms with Crippen molar-refractivity contribution in [3.63, 3.8) is 0 Å². The zero-order valence-corrected chi connectivity index (χ0v) is 28.5. The zero-order chi connectivity index (χ0) is 36.3. The summed E-state index contributed by atoms with van der Waals surface area (Å²) in [4.78, 5) is 52.2. The van der Waals surface area contributed by atoms with E-state index in [2.05, 4.69) is 26.6 Å². The molecule has 17 heteroatoms. The molecule has 50 heavy (non-hydrogen) atoms. The van der Waals surface area contributed by atoms with E-state index >= 15 is 0 Å². The van der Waals surface area contributed by atoms with Crippen molar-refractivity contribution in [1.82, 2.24) is 10.6 Å². The highest BCUT2D eigenvalue weighted by Gasteiger charge is 2.53. The number of primary amides is 1. The Morgan fingerprint density at radius 3 is 1.80 bits per heavy atom. The van der Waals surface area contributed by atoms with Gasteiger partial charge < -0.3 is 36.3 Å². The highest BCUT2D eigenvalue weighted by atomic mass is 32.2. The van der Waals surface area contributed by atoms with Crippen molar-refractivity contribution in [2.24, 2.45) is 5.73 Å². The number of rotatable bonds is 12. The number of aliphatic hydroxyl groups is 1. The largest absolute Gasteiger partial charge is 0.442 e. The topological polar surface area (TPSA) is 227 Å². The van der Waals surface area contributed by atoms with Crippen molar-refractivity contribution in [2.75, 3.05) is 28.0 Å². The van der Waals surface area contributed by atoms with Crippen molar-refractivity contribution in [3.05, 3.63) is 91.0 Å². The summed E-state index contributed by atoms with van der Waals surface area (Å²) in [5.41, 5.74) is 4.44. The summed E-state index contributed by atoms with van der Waals surface area (Å²) in [5.74, 6) is -2.60. The van der Waals surface area contributed by atoms with Gasteiger partial charge in [-0.05, 0) is 55.0 Å². The van der Waals surface area contributed by atoms with E-state index in [1.54, 1.807) is 91.0 Å². The molecule has 0 saturated heterocycles. The fourth-order valence-corrected chi connectivity index (χ4v) is 6.16. The van der Waals surface area contributed by atoms with Crippen LogP contribution in [0, 0.1) is 0 Å². The average molecular weight is 727 g/mol. The van der Waals surface area contributed by atoms with E-state index < -0.39 is 82.3 Å². The zero-order valence-electron chi connectivity index (χ0n) is 26.9. The highest BCUT2D eigenvalue weighted by molar-refractivity contribution is 7.90. The van der Waals surface area contributed by atoms with Gasteiger partial charge >= 0.3 is 12.2 Å². The van der Waals surface area contributed by atoms with Gasteiger partial charge in [0.15, 0.2) is 11.2 Å². The van der Waals surface area contributed by atoms with Gasteiger partial charge in [0.05, 0.1) is 11.8 Å². The Bertz CT molecular complexity index is 1700. The third kappa shape index (κ3) is 11.4. The first kappa shape index (κ1) is 37.6. The van der Waals surface area contributed by atoms with Gasteiger partial charge in [-0.25, -0.2) is 18.0 Å². The number of thiocarbonyl (C=S) groups is 1. The Balaban J connectivity index is 1.66. The van der Waals surface area contributed by atoms with Crippen molar-refractivity contribution < 1.29 is 42.2 Å². The lowest BCUT2D eigenvalue weighted by Crippen LogP contribution is -2.66. The molecule has 0 aliphatic heterocycles. The molecule has 0 radical (unpaired) electrons. The number of sulfone groups is 1. The summed E-state index contributed by atoms with van der Waals surface area (Å²) in [6.45, 7) is 0. The number of amides is 4. The summed E-state index contributed by atoms with van der Waals surface area (Å²) in [5, 5.41) is 25.3. The quantitative estimate of drug-likeness (QED) is 0.134. The molecule has 1 saturated carbocycles. The maximum Gasteiger partial charge on any atom is 0.412 e. The minimum Gasteiger partial charge on any atom is -0.442 e. The molecule has 1 aliphatic carbocycles. The maximum atomic E-state index is 13.7. The van der Waals surface area contributed by atoms with Gasteiger partial charge in [-0.2, -0.15) is 0 Å². The van der Waals surface area contributed by atoms with E-state index in [0.717, 1.165) is 6.26 Å². The second kappa shape index (κ2) is 16.9. The monoisotopic (exact) mass is 726 g/mol. The number of hydrogen-bond donors (Lipinski definition) is 7. The number of ether oxygens (including phenoxy) is 2. The first-order valence-electron chi connectivity index (χ1n) is 15.4. The van der Waals surface area contributed by atoms with Crippen molar-refractivity contribution >= 4 is 68.2 Å². The Morgan fingerprint density at radius 1 is 0.840 bits per heavy atom. The van der Waals surface area contributed by atoms with Gasteiger partial charge in [0.25, 0.3) is 5.91 Å². The van der Waals surface area contributed by atoms with Gasteiger partial charge in [0, 0.05) is 36.2 Å². The summed E-state index contributed by atoms with van der Waals surface area (Å²) in [6, 6.07) is 22.9. The number of carbonyl (C=O) groups excluding carboxylic acids is 4. The van der Waals surface area contributed by atoms with Crippen LogP contribution in [0.4, 0.5) is 26.7 Å². The number of anilines is 3. The molecule has 0 heterocycles. The van der Waals surface area contributed by atoms with E-state index in [1.165, 1.54) is 0 Å². The van der Waals surface area contributed by atoms with E-state index in [1.807, 2.05) is 0 Å². The van der Waals surface area contributed by atoms with E-state index in [4.69, 9.17) is 27.4 Å². The smallest absolute Gasteiger partial charge is 0.412 e. The highest BCUT2D eigenvalue weighted by Crippen LogP contribution is 2.34. The predicted octanol–water partition coefficient (Wildman–Crippen LogP) is 2.51. The van der Waals surface area contributed by atoms with Gasteiger partial charge in [0.2, 0.25) is 5.91 Å². The maximum absolute atomic E-state index is 13.7. The van der Waals surface area contributed by atoms with Crippen LogP contribution in [0.15, 0.2) is 91.0 Å². The molecule has 3 aromatic rings. The second-order valence-corrected chi connectivity index (χ2v) is 14.3. The molecule has 5 atom stereocenters. The lowest BCUT2D eigenvalue weighted by molar-refractivity contribution is -0.158. The fourth-order valence-electron chi connectivity index (χ4n) is 5.22. The minimum absolute atomic E-state index is 0.0126. The first-order valence-corrected chi connectivity index (χ1v) is 17.9. The van der Waals surface area contributed by atoms with Crippen LogP contribution in [-0.4, -0.2) is 84.5 Å². The number of para-hydroxylation sites is 3. The van der Waals surface area contributed by atoms with Crippen LogP contribution in [0.5, 0.6) is 0 Å². The van der Waals surface area contributed by atoms with Gasteiger partial charge in [0.1, 0.15) is 27.6 Å². The second-order valence-electron chi connectivity index (χ2n) is 11.7. The third-order valence-corrected chi connectivity index (χ3v) is 8.80. The van der Waals surface area contributed by atoms with Crippen LogP contribution in [0.2, 0.25) is 0 Å². The Morgan fingerprint density at radius 2 is 1.32 bits per heavy atom. The predicted molar refractivity (Wildman–Crippen MR) is 190 cm³/mol. The van der Waals surface area contributed by atoms with Crippen LogP contribution in [0.3, 0.4) is 0 Å². The normalized spacial score (nSPS) is 20.6. The molecule has 8 N–H and O–H groups in total. The molecular formula is C33H38N6O9S2. The summed E-state index contributed by atoms with van der Waals surface area (Å²) < 4.78 is 35.0. The van der Waals surface area contributed by atoms with E-state index in [0.29, 0.717) is 17.1 Å². The van der Waals surface area contributed by atoms with Crippen LogP contribution < -0.4 is 32.3 Å². The molecule has 15 nitrogen and oxygen atoms in total. The molecule has 3 aromatic carbocycles. The van der Waals surface area contributed by atoms with Crippen LogP contribution >= 0.6 is 12.2 Å². The van der Waals surface area contributed by atoms with Gasteiger partial charge in [-0.1, -0.05) is 54.6 Å².